The third-order valence-corrected chi connectivity index (χ3v) is 4.30. The minimum absolute atomic E-state index is 0.655. The number of para-hydroxylation sites is 1. The molecular formula is C17H23N3. The van der Waals surface area contributed by atoms with Gasteiger partial charge in [-0.1, -0.05) is 25.1 Å². The summed E-state index contributed by atoms with van der Waals surface area (Å²) in [6, 6.07) is 12.6. The molecule has 0 amide bonds. The monoisotopic (exact) mass is 269 g/mol. The largest absolute Gasteiger partial charge is 0.316 e. The van der Waals surface area contributed by atoms with Crippen LogP contribution in [-0.2, 0) is 0 Å². The van der Waals surface area contributed by atoms with Gasteiger partial charge in [0.15, 0.2) is 0 Å². The van der Waals surface area contributed by atoms with Crippen LogP contribution in [0.2, 0.25) is 0 Å². The van der Waals surface area contributed by atoms with E-state index in [4.69, 9.17) is 0 Å². The van der Waals surface area contributed by atoms with Crippen molar-refractivity contribution in [3.8, 4) is 5.69 Å². The number of hydrogen-bond acceptors (Lipinski definition) is 2. The molecule has 20 heavy (non-hydrogen) atoms. The Balaban J connectivity index is 1.74. The summed E-state index contributed by atoms with van der Waals surface area (Å²) < 4.78 is 2.11. The molecule has 1 aromatic carbocycles. The van der Waals surface area contributed by atoms with Gasteiger partial charge in [0, 0.05) is 17.8 Å². The summed E-state index contributed by atoms with van der Waals surface area (Å²) in [7, 11) is 0. The Labute approximate surface area is 121 Å². The van der Waals surface area contributed by atoms with Crippen LogP contribution in [-0.4, -0.2) is 22.9 Å². The van der Waals surface area contributed by atoms with Crippen molar-refractivity contribution < 1.29 is 0 Å². The summed E-state index contributed by atoms with van der Waals surface area (Å²) in [6.07, 6.45) is 5.76. The molecule has 3 nitrogen and oxygen atoms in total. The van der Waals surface area contributed by atoms with E-state index in [-0.39, 0.29) is 0 Å². The SMILES string of the molecule is CCCNCC1CCC1c1ccnn1-c1ccccc1. The van der Waals surface area contributed by atoms with Crippen molar-refractivity contribution in [3.05, 3.63) is 48.3 Å². The van der Waals surface area contributed by atoms with Crippen LogP contribution in [0.1, 0.15) is 37.8 Å². The van der Waals surface area contributed by atoms with Crippen molar-refractivity contribution in [3.63, 3.8) is 0 Å². The molecule has 0 spiro atoms. The molecule has 0 bridgehead atoms. The maximum Gasteiger partial charge on any atom is 0.0648 e. The molecule has 2 unspecified atom stereocenters. The molecule has 2 aromatic rings. The van der Waals surface area contributed by atoms with Gasteiger partial charge in [-0.2, -0.15) is 5.10 Å². The molecule has 1 aliphatic rings. The summed E-state index contributed by atoms with van der Waals surface area (Å²) in [5, 5.41) is 8.08. The predicted octanol–water partition coefficient (Wildman–Crippen LogP) is 3.37. The first-order valence-electron chi connectivity index (χ1n) is 7.70. The van der Waals surface area contributed by atoms with Crippen molar-refractivity contribution in [1.82, 2.24) is 15.1 Å². The third-order valence-electron chi connectivity index (χ3n) is 4.30. The van der Waals surface area contributed by atoms with Crippen LogP contribution in [0.25, 0.3) is 5.69 Å². The Morgan fingerprint density at radius 2 is 2.05 bits per heavy atom. The van der Waals surface area contributed by atoms with E-state index in [1.165, 1.54) is 30.6 Å². The van der Waals surface area contributed by atoms with Crippen LogP contribution >= 0.6 is 0 Å². The van der Waals surface area contributed by atoms with Crippen LogP contribution < -0.4 is 5.32 Å². The lowest BCUT2D eigenvalue weighted by atomic mass is 9.71. The Bertz CT molecular complexity index is 532. The molecule has 106 valence electrons. The van der Waals surface area contributed by atoms with Gasteiger partial charge in [0.05, 0.1) is 5.69 Å². The molecule has 2 atom stereocenters. The molecule has 0 aliphatic heterocycles. The number of hydrogen-bond donors (Lipinski definition) is 1. The van der Waals surface area contributed by atoms with E-state index in [2.05, 4.69) is 52.4 Å². The van der Waals surface area contributed by atoms with E-state index in [1.54, 1.807) is 0 Å². The fourth-order valence-electron chi connectivity index (χ4n) is 3.05. The number of aromatic nitrogens is 2. The Morgan fingerprint density at radius 3 is 2.75 bits per heavy atom. The van der Waals surface area contributed by atoms with Crippen LogP contribution in [0.15, 0.2) is 42.6 Å². The van der Waals surface area contributed by atoms with E-state index >= 15 is 0 Å². The fraction of sp³-hybridized carbons (Fsp3) is 0.471. The Hall–Kier alpha value is -1.61. The van der Waals surface area contributed by atoms with Crippen molar-refractivity contribution in [2.45, 2.75) is 32.1 Å². The van der Waals surface area contributed by atoms with E-state index in [0.29, 0.717) is 5.92 Å². The number of nitrogens with one attached hydrogen (secondary N) is 1. The molecule has 1 aromatic heterocycles. The molecule has 1 aliphatic carbocycles. The first-order valence-corrected chi connectivity index (χ1v) is 7.70. The quantitative estimate of drug-likeness (QED) is 0.815. The minimum Gasteiger partial charge on any atom is -0.316 e. The van der Waals surface area contributed by atoms with E-state index in [0.717, 1.165) is 19.0 Å². The first-order chi connectivity index (χ1) is 9.90. The number of benzene rings is 1. The summed E-state index contributed by atoms with van der Waals surface area (Å²) in [5.74, 6) is 1.42. The highest BCUT2D eigenvalue weighted by molar-refractivity contribution is 5.34. The van der Waals surface area contributed by atoms with Crippen molar-refractivity contribution in [1.29, 1.82) is 0 Å². The first kappa shape index (κ1) is 13.4. The average Bonchev–Trinajstić information content (AvgIpc) is 2.92. The maximum absolute atomic E-state index is 4.52. The second-order valence-corrected chi connectivity index (χ2v) is 5.65. The maximum atomic E-state index is 4.52. The highest BCUT2D eigenvalue weighted by Crippen LogP contribution is 2.42. The lowest BCUT2D eigenvalue weighted by molar-refractivity contribution is 0.238. The van der Waals surface area contributed by atoms with Gasteiger partial charge >= 0.3 is 0 Å². The molecule has 1 fully saturated rings. The predicted molar refractivity (Wildman–Crippen MR) is 82.2 cm³/mol. The van der Waals surface area contributed by atoms with Gasteiger partial charge in [-0.3, -0.25) is 0 Å². The van der Waals surface area contributed by atoms with E-state index in [1.807, 2.05) is 12.3 Å². The zero-order chi connectivity index (χ0) is 13.8. The normalized spacial score (nSPS) is 21.6. The molecule has 3 rings (SSSR count). The smallest absolute Gasteiger partial charge is 0.0648 e. The van der Waals surface area contributed by atoms with E-state index in [9.17, 15) is 0 Å². The summed E-state index contributed by atoms with van der Waals surface area (Å²) in [6.45, 7) is 4.48. The van der Waals surface area contributed by atoms with Crippen LogP contribution in [0, 0.1) is 5.92 Å². The molecule has 0 saturated heterocycles. The van der Waals surface area contributed by atoms with Crippen LogP contribution in [0.3, 0.4) is 0 Å². The summed E-state index contributed by atoms with van der Waals surface area (Å²) in [4.78, 5) is 0. The average molecular weight is 269 g/mol. The second-order valence-electron chi connectivity index (χ2n) is 5.65. The molecule has 3 heteroatoms. The van der Waals surface area contributed by atoms with Gasteiger partial charge in [0.2, 0.25) is 0 Å². The lowest BCUT2D eigenvalue weighted by Gasteiger charge is -2.37. The van der Waals surface area contributed by atoms with Gasteiger partial charge in [0.25, 0.3) is 0 Å². The van der Waals surface area contributed by atoms with Crippen molar-refractivity contribution in [2.75, 3.05) is 13.1 Å². The van der Waals surface area contributed by atoms with Crippen LogP contribution in [0.4, 0.5) is 0 Å². The Morgan fingerprint density at radius 1 is 1.20 bits per heavy atom. The van der Waals surface area contributed by atoms with Crippen molar-refractivity contribution in [2.24, 2.45) is 5.92 Å². The molecule has 1 saturated carbocycles. The van der Waals surface area contributed by atoms with E-state index < -0.39 is 0 Å². The molecule has 0 radical (unpaired) electrons. The molecule has 1 heterocycles. The Kier molecular flexibility index (Phi) is 4.16. The second kappa shape index (κ2) is 6.23. The lowest BCUT2D eigenvalue weighted by Crippen LogP contribution is -2.35. The zero-order valence-corrected chi connectivity index (χ0v) is 12.1. The highest BCUT2D eigenvalue weighted by Gasteiger charge is 2.33. The fourth-order valence-corrected chi connectivity index (χ4v) is 3.05. The standard InChI is InChI=1S/C17H23N3/c1-2-11-18-13-14-8-9-16(14)17-10-12-19-20(17)15-6-4-3-5-7-15/h3-7,10,12,14,16,18H,2,8-9,11,13H2,1H3. The van der Waals surface area contributed by atoms with Crippen LogP contribution in [0.5, 0.6) is 0 Å². The molecule has 1 N–H and O–H groups in total. The molecular weight excluding hydrogens is 246 g/mol. The number of nitrogens with zero attached hydrogens (tertiary/aromatic N) is 2. The highest BCUT2D eigenvalue weighted by atomic mass is 15.3. The van der Waals surface area contributed by atoms with Gasteiger partial charge < -0.3 is 5.32 Å². The van der Waals surface area contributed by atoms with Gasteiger partial charge in [-0.05, 0) is 56.5 Å². The minimum atomic E-state index is 0.655. The third kappa shape index (κ3) is 2.63. The van der Waals surface area contributed by atoms with Gasteiger partial charge in [-0.15, -0.1) is 0 Å². The summed E-state index contributed by atoms with van der Waals surface area (Å²) >= 11 is 0. The van der Waals surface area contributed by atoms with Gasteiger partial charge in [0.1, 0.15) is 0 Å². The topological polar surface area (TPSA) is 29.9 Å². The van der Waals surface area contributed by atoms with Gasteiger partial charge in [-0.25, -0.2) is 4.68 Å². The summed E-state index contributed by atoms with van der Waals surface area (Å²) in [5.41, 5.74) is 2.53. The zero-order valence-electron chi connectivity index (χ0n) is 12.1. The van der Waals surface area contributed by atoms with Crippen molar-refractivity contribution >= 4 is 0 Å². The number of rotatable bonds is 6.